The van der Waals surface area contributed by atoms with E-state index >= 15 is 0 Å². The molecule has 0 aromatic heterocycles. The molecule has 1 amide bonds. The molecule has 2 unspecified atom stereocenters. The Hall–Kier alpha value is -1.55. The third-order valence-electron chi connectivity index (χ3n) is 4.38. The number of aliphatic hydroxyl groups excluding tert-OH is 1. The summed E-state index contributed by atoms with van der Waals surface area (Å²) in [6, 6.07) is 8.09. The summed E-state index contributed by atoms with van der Waals surface area (Å²) in [5.74, 6) is 0.442. The second kappa shape index (κ2) is 7.46. The Bertz CT molecular complexity index is 458. The number of likely N-dealkylation sites (tertiary alicyclic amines) is 1. The van der Waals surface area contributed by atoms with Gasteiger partial charge in [-0.25, -0.2) is 0 Å². The van der Waals surface area contributed by atoms with Crippen LogP contribution in [0.5, 0.6) is 0 Å². The van der Waals surface area contributed by atoms with Crippen molar-refractivity contribution in [3.05, 3.63) is 29.8 Å². The molecule has 116 valence electrons. The fourth-order valence-electron chi connectivity index (χ4n) is 3.11. The SMILES string of the molecule is CC(CC(=O)N1CCCC1CCCO)c1ccc(N)cc1. The van der Waals surface area contributed by atoms with Gasteiger partial charge in [0.05, 0.1) is 0 Å². The van der Waals surface area contributed by atoms with Crippen LogP contribution in [0.15, 0.2) is 24.3 Å². The summed E-state index contributed by atoms with van der Waals surface area (Å²) in [4.78, 5) is 14.5. The summed E-state index contributed by atoms with van der Waals surface area (Å²) in [6.07, 6.45) is 4.39. The molecule has 1 aliphatic rings. The van der Waals surface area contributed by atoms with Gasteiger partial charge in [-0.05, 0) is 49.3 Å². The fourth-order valence-corrected chi connectivity index (χ4v) is 3.11. The number of hydrogen-bond donors (Lipinski definition) is 2. The van der Waals surface area contributed by atoms with Gasteiger partial charge >= 0.3 is 0 Å². The van der Waals surface area contributed by atoms with Gasteiger partial charge in [0.2, 0.25) is 5.91 Å². The van der Waals surface area contributed by atoms with Gasteiger partial charge in [-0.15, -0.1) is 0 Å². The average molecular weight is 290 g/mol. The van der Waals surface area contributed by atoms with Gasteiger partial charge in [-0.1, -0.05) is 19.1 Å². The lowest BCUT2D eigenvalue weighted by molar-refractivity contribution is -0.132. The summed E-state index contributed by atoms with van der Waals surface area (Å²) in [7, 11) is 0. The first kappa shape index (κ1) is 15.8. The highest BCUT2D eigenvalue weighted by Gasteiger charge is 2.28. The molecule has 1 aliphatic heterocycles. The van der Waals surface area contributed by atoms with Crippen molar-refractivity contribution in [2.75, 3.05) is 18.9 Å². The van der Waals surface area contributed by atoms with Crippen LogP contribution in [0.1, 0.15) is 50.5 Å². The number of rotatable bonds is 6. The third-order valence-corrected chi connectivity index (χ3v) is 4.38. The number of nitrogens with zero attached hydrogens (tertiary/aromatic N) is 1. The second-order valence-corrected chi connectivity index (χ2v) is 6.02. The zero-order chi connectivity index (χ0) is 15.2. The molecule has 0 radical (unpaired) electrons. The van der Waals surface area contributed by atoms with Crippen molar-refractivity contribution < 1.29 is 9.90 Å². The predicted octanol–water partition coefficient (Wildman–Crippen LogP) is 2.53. The first-order valence-electron chi connectivity index (χ1n) is 7.87. The molecule has 1 saturated heterocycles. The minimum Gasteiger partial charge on any atom is -0.399 e. The maximum atomic E-state index is 12.5. The van der Waals surface area contributed by atoms with Crippen LogP contribution < -0.4 is 5.73 Å². The molecule has 1 aromatic carbocycles. The van der Waals surface area contributed by atoms with Gasteiger partial charge in [-0.2, -0.15) is 0 Å². The van der Waals surface area contributed by atoms with Gasteiger partial charge in [0, 0.05) is 31.3 Å². The smallest absolute Gasteiger partial charge is 0.223 e. The maximum absolute atomic E-state index is 12.5. The minimum atomic E-state index is 0.206. The molecule has 1 heterocycles. The van der Waals surface area contributed by atoms with Crippen LogP contribution in [0.3, 0.4) is 0 Å². The molecular formula is C17H26N2O2. The quantitative estimate of drug-likeness (QED) is 0.791. The lowest BCUT2D eigenvalue weighted by atomic mass is 9.96. The molecule has 21 heavy (non-hydrogen) atoms. The molecule has 4 nitrogen and oxygen atoms in total. The standard InChI is InChI=1S/C17H26N2O2/c1-13(14-6-8-15(18)9-7-14)12-17(21)19-10-2-4-16(19)5-3-11-20/h6-9,13,16,20H,2-5,10-12,18H2,1H3. The molecule has 2 atom stereocenters. The Morgan fingerprint density at radius 2 is 2.14 bits per heavy atom. The van der Waals surface area contributed by atoms with Gasteiger partial charge in [0.25, 0.3) is 0 Å². The van der Waals surface area contributed by atoms with E-state index in [4.69, 9.17) is 10.8 Å². The molecule has 0 spiro atoms. The van der Waals surface area contributed by atoms with Crippen molar-refractivity contribution in [3.63, 3.8) is 0 Å². The third kappa shape index (κ3) is 4.21. The number of aliphatic hydroxyl groups is 1. The molecule has 0 saturated carbocycles. The molecule has 3 N–H and O–H groups in total. The minimum absolute atomic E-state index is 0.206. The van der Waals surface area contributed by atoms with Crippen molar-refractivity contribution in [1.29, 1.82) is 0 Å². The van der Waals surface area contributed by atoms with Crippen LogP contribution in [0, 0.1) is 0 Å². The van der Waals surface area contributed by atoms with Gasteiger partial charge in [-0.3, -0.25) is 4.79 Å². The highest BCUT2D eigenvalue weighted by atomic mass is 16.3. The summed E-state index contributed by atoms with van der Waals surface area (Å²) in [5.41, 5.74) is 7.60. The number of benzene rings is 1. The van der Waals surface area contributed by atoms with Crippen molar-refractivity contribution in [3.8, 4) is 0 Å². The van der Waals surface area contributed by atoms with E-state index in [0.717, 1.165) is 43.5 Å². The van der Waals surface area contributed by atoms with Crippen molar-refractivity contribution in [1.82, 2.24) is 4.90 Å². The van der Waals surface area contributed by atoms with Crippen molar-refractivity contribution in [2.24, 2.45) is 0 Å². The summed E-state index contributed by atoms with van der Waals surface area (Å²) < 4.78 is 0. The van der Waals surface area contributed by atoms with E-state index in [-0.39, 0.29) is 18.4 Å². The highest BCUT2D eigenvalue weighted by molar-refractivity contribution is 5.77. The number of nitrogen functional groups attached to an aromatic ring is 1. The lowest BCUT2D eigenvalue weighted by Crippen LogP contribution is -2.36. The molecule has 1 fully saturated rings. The summed E-state index contributed by atoms with van der Waals surface area (Å²) >= 11 is 0. The van der Waals surface area contributed by atoms with Crippen LogP contribution in [-0.4, -0.2) is 35.1 Å². The molecule has 0 aliphatic carbocycles. The first-order chi connectivity index (χ1) is 10.1. The van der Waals surface area contributed by atoms with Crippen LogP contribution in [0.2, 0.25) is 0 Å². The number of carbonyl (C=O) groups excluding carboxylic acids is 1. The van der Waals surface area contributed by atoms with E-state index in [1.807, 2.05) is 29.2 Å². The van der Waals surface area contributed by atoms with E-state index in [9.17, 15) is 4.79 Å². The molecule has 2 rings (SSSR count). The Morgan fingerprint density at radius 3 is 2.81 bits per heavy atom. The largest absolute Gasteiger partial charge is 0.399 e. The van der Waals surface area contributed by atoms with Crippen molar-refractivity contribution >= 4 is 11.6 Å². The van der Waals surface area contributed by atoms with Crippen LogP contribution in [-0.2, 0) is 4.79 Å². The second-order valence-electron chi connectivity index (χ2n) is 6.02. The Balaban J connectivity index is 1.92. The number of amides is 1. The van der Waals surface area contributed by atoms with E-state index in [2.05, 4.69) is 6.92 Å². The Morgan fingerprint density at radius 1 is 1.43 bits per heavy atom. The van der Waals surface area contributed by atoms with Gasteiger partial charge in [0.15, 0.2) is 0 Å². The monoisotopic (exact) mass is 290 g/mol. The van der Waals surface area contributed by atoms with Crippen molar-refractivity contribution in [2.45, 2.75) is 51.0 Å². The first-order valence-corrected chi connectivity index (χ1v) is 7.87. The molecular weight excluding hydrogens is 264 g/mol. The zero-order valence-electron chi connectivity index (χ0n) is 12.8. The van der Waals surface area contributed by atoms with E-state index in [0.29, 0.717) is 12.5 Å². The van der Waals surface area contributed by atoms with Crippen LogP contribution in [0.25, 0.3) is 0 Å². The number of carbonyl (C=O) groups is 1. The van der Waals surface area contributed by atoms with E-state index in [1.54, 1.807) is 0 Å². The Kier molecular flexibility index (Phi) is 5.62. The number of anilines is 1. The molecule has 4 heteroatoms. The topological polar surface area (TPSA) is 66.6 Å². The number of hydrogen-bond acceptors (Lipinski definition) is 3. The van der Waals surface area contributed by atoms with Gasteiger partial charge in [0.1, 0.15) is 0 Å². The van der Waals surface area contributed by atoms with Gasteiger partial charge < -0.3 is 15.7 Å². The zero-order valence-corrected chi connectivity index (χ0v) is 12.8. The lowest BCUT2D eigenvalue weighted by Gasteiger charge is -2.26. The Labute approximate surface area is 126 Å². The normalized spacial score (nSPS) is 19.7. The predicted molar refractivity (Wildman–Crippen MR) is 84.9 cm³/mol. The fraction of sp³-hybridized carbons (Fsp3) is 0.588. The summed E-state index contributed by atoms with van der Waals surface area (Å²) in [6.45, 7) is 3.16. The summed E-state index contributed by atoms with van der Waals surface area (Å²) in [5, 5.41) is 8.95. The molecule has 1 aromatic rings. The van der Waals surface area contributed by atoms with Crippen LogP contribution in [0.4, 0.5) is 5.69 Å². The molecule has 0 bridgehead atoms. The maximum Gasteiger partial charge on any atom is 0.223 e. The van der Waals surface area contributed by atoms with Crippen LogP contribution >= 0.6 is 0 Å². The number of nitrogens with two attached hydrogens (primary N) is 1. The van der Waals surface area contributed by atoms with E-state index in [1.165, 1.54) is 0 Å². The highest BCUT2D eigenvalue weighted by Crippen LogP contribution is 2.26. The van der Waals surface area contributed by atoms with E-state index < -0.39 is 0 Å². The average Bonchev–Trinajstić information content (AvgIpc) is 2.94.